The normalized spacial score (nSPS) is 14.2. The van der Waals surface area contributed by atoms with Crippen LogP contribution in [0.3, 0.4) is 0 Å². The third-order valence-corrected chi connectivity index (χ3v) is 5.83. The van der Waals surface area contributed by atoms with Crippen LogP contribution < -0.4 is 10.5 Å². The molecule has 0 N–H and O–H groups in total. The van der Waals surface area contributed by atoms with Gasteiger partial charge in [-0.05, 0) is 42.7 Å². The van der Waals surface area contributed by atoms with Crippen LogP contribution in [0.15, 0.2) is 63.9 Å². The van der Waals surface area contributed by atoms with Crippen molar-refractivity contribution in [3.05, 3.63) is 82.1 Å². The van der Waals surface area contributed by atoms with Gasteiger partial charge in [-0.1, -0.05) is 36.2 Å². The van der Waals surface area contributed by atoms with Crippen molar-refractivity contribution in [2.75, 3.05) is 18.0 Å². The Morgan fingerprint density at radius 3 is 2.41 bits per heavy atom. The second-order valence-corrected chi connectivity index (χ2v) is 8.37. The monoisotopic (exact) mass is 463 g/mol. The molecule has 7 nitrogen and oxygen atoms in total. The lowest BCUT2D eigenvalue weighted by Gasteiger charge is -2.15. The van der Waals surface area contributed by atoms with Crippen molar-refractivity contribution < 1.29 is 13.3 Å². The molecule has 1 fully saturated rings. The number of hydrogen-bond acceptors (Lipinski definition) is 6. The Kier molecular flexibility index (Phi) is 6.16. The largest absolute Gasteiger partial charge is 0.324 e. The van der Waals surface area contributed by atoms with Gasteiger partial charge in [-0.2, -0.15) is 10.1 Å². The molecule has 34 heavy (non-hydrogen) atoms. The minimum atomic E-state index is -0.707. The molecule has 0 saturated carbocycles. The van der Waals surface area contributed by atoms with Gasteiger partial charge >= 0.3 is 6.01 Å². The first-order valence-corrected chi connectivity index (χ1v) is 11.3. The number of anilines is 1. The SMILES string of the molecule is O=c1ccc(-c2cc(F)cc(F)c2)nn1Cc1cccc(-c2noc(N3CCCCCC3)n2)c1. The zero-order valence-corrected chi connectivity index (χ0v) is 18.5. The van der Waals surface area contributed by atoms with Gasteiger partial charge in [0.1, 0.15) is 11.6 Å². The lowest BCUT2D eigenvalue weighted by Crippen LogP contribution is -2.24. The molecule has 174 valence electrons. The smallest absolute Gasteiger partial charge is 0.324 e. The van der Waals surface area contributed by atoms with Crippen LogP contribution in [0.1, 0.15) is 31.2 Å². The molecule has 2 aromatic heterocycles. The Hall–Kier alpha value is -3.88. The molecule has 9 heteroatoms. The Labute approximate surface area is 194 Å². The van der Waals surface area contributed by atoms with Gasteiger partial charge in [-0.3, -0.25) is 4.79 Å². The third kappa shape index (κ3) is 4.88. The predicted octanol–water partition coefficient (Wildman–Crippen LogP) is 4.67. The molecule has 0 atom stereocenters. The number of benzene rings is 2. The quantitative estimate of drug-likeness (QED) is 0.428. The van der Waals surface area contributed by atoms with E-state index in [2.05, 4.69) is 20.1 Å². The highest BCUT2D eigenvalue weighted by Gasteiger charge is 2.17. The van der Waals surface area contributed by atoms with E-state index in [4.69, 9.17) is 4.52 Å². The van der Waals surface area contributed by atoms with Crippen molar-refractivity contribution in [2.24, 2.45) is 0 Å². The number of hydrogen-bond donors (Lipinski definition) is 0. The molecular formula is C25H23F2N5O2. The molecule has 0 bridgehead atoms. The Bertz CT molecular complexity index is 1340. The molecular weight excluding hydrogens is 440 g/mol. The van der Waals surface area contributed by atoms with Gasteiger partial charge in [-0.25, -0.2) is 13.5 Å². The van der Waals surface area contributed by atoms with Crippen molar-refractivity contribution in [1.82, 2.24) is 19.9 Å². The summed E-state index contributed by atoms with van der Waals surface area (Å²) in [5.41, 5.74) is 1.80. The molecule has 0 unspecified atom stereocenters. The molecule has 0 amide bonds. The highest BCUT2D eigenvalue weighted by Crippen LogP contribution is 2.23. The van der Waals surface area contributed by atoms with Gasteiger partial charge in [0.05, 0.1) is 12.2 Å². The first-order chi connectivity index (χ1) is 16.5. The molecule has 0 spiro atoms. The third-order valence-electron chi connectivity index (χ3n) is 5.83. The fraction of sp³-hybridized carbons (Fsp3) is 0.280. The molecule has 3 heterocycles. The van der Waals surface area contributed by atoms with Crippen LogP contribution in [0, 0.1) is 11.6 Å². The van der Waals surface area contributed by atoms with Gasteiger partial charge in [-0.15, -0.1) is 0 Å². The first kappa shape index (κ1) is 21.9. The minimum absolute atomic E-state index is 0.176. The van der Waals surface area contributed by atoms with Crippen molar-refractivity contribution >= 4 is 6.01 Å². The molecule has 4 aromatic rings. The second kappa shape index (κ2) is 9.54. The topological polar surface area (TPSA) is 77.0 Å². The highest BCUT2D eigenvalue weighted by molar-refractivity contribution is 5.59. The van der Waals surface area contributed by atoms with E-state index in [9.17, 15) is 13.6 Å². The maximum atomic E-state index is 13.6. The first-order valence-electron chi connectivity index (χ1n) is 11.3. The maximum absolute atomic E-state index is 13.6. The van der Waals surface area contributed by atoms with Gasteiger partial charge in [0.25, 0.3) is 5.56 Å². The molecule has 1 aliphatic heterocycles. The maximum Gasteiger partial charge on any atom is 0.324 e. The van der Waals surface area contributed by atoms with Crippen molar-refractivity contribution in [1.29, 1.82) is 0 Å². The standard InChI is InChI=1S/C25H23F2N5O2/c26-20-13-19(14-21(27)15-20)22-8-9-23(33)32(29-22)16-17-6-5-7-18(12-17)24-28-25(34-30-24)31-10-3-1-2-4-11-31/h5-9,12-15H,1-4,10-11,16H2. The molecule has 1 saturated heterocycles. The fourth-order valence-corrected chi connectivity index (χ4v) is 4.12. The zero-order chi connectivity index (χ0) is 23.5. The second-order valence-electron chi connectivity index (χ2n) is 8.37. The van der Waals surface area contributed by atoms with Crippen LogP contribution in [0.25, 0.3) is 22.6 Å². The minimum Gasteiger partial charge on any atom is -0.324 e. The summed E-state index contributed by atoms with van der Waals surface area (Å²) in [6, 6.07) is 13.9. The summed E-state index contributed by atoms with van der Waals surface area (Å²) in [7, 11) is 0. The highest BCUT2D eigenvalue weighted by atomic mass is 19.1. The lowest BCUT2D eigenvalue weighted by molar-refractivity contribution is 0.414. The van der Waals surface area contributed by atoms with E-state index in [1.165, 1.54) is 41.8 Å². The summed E-state index contributed by atoms with van der Waals surface area (Å²) in [4.78, 5) is 19.1. The molecule has 0 radical (unpaired) electrons. The number of nitrogens with zero attached hydrogens (tertiary/aromatic N) is 5. The van der Waals surface area contributed by atoms with Crippen LogP contribution in [0.4, 0.5) is 14.8 Å². The van der Waals surface area contributed by atoms with E-state index in [1.54, 1.807) is 0 Å². The van der Waals surface area contributed by atoms with Gasteiger partial charge in [0.15, 0.2) is 0 Å². The summed E-state index contributed by atoms with van der Waals surface area (Å²) in [6.45, 7) is 1.98. The zero-order valence-electron chi connectivity index (χ0n) is 18.5. The van der Waals surface area contributed by atoms with Crippen LogP contribution >= 0.6 is 0 Å². The van der Waals surface area contributed by atoms with Crippen molar-refractivity contribution in [2.45, 2.75) is 32.2 Å². The van der Waals surface area contributed by atoms with E-state index in [1.807, 2.05) is 24.3 Å². The van der Waals surface area contributed by atoms with E-state index in [0.29, 0.717) is 17.5 Å². The van der Waals surface area contributed by atoms with E-state index < -0.39 is 11.6 Å². The number of rotatable bonds is 5. The van der Waals surface area contributed by atoms with Crippen LogP contribution in [0.5, 0.6) is 0 Å². The summed E-state index contributed by atoms with van der Waals surface area (Å²) in [5, 5.41) is 8.46. The Balaban J connectivity index is 1.39. The van der Waals surface area contributed by atoms with Crippen molar-refractivity contribution in [3.63, 3.8) is 0 Å². The summed E-state index contributed by atoms with van der Waals surface area (Å²) in [6.07, 6.45) is 4.64. The molecule has 1 aliphatic rings. The van der Waals surface area contributed by atoms with Crippen LogP contribution in [-0.2, 0) is 6.54 Å². The summed E-state index contributed by atoms with van der Waals surface area (Å²) < 4.78 is 34.0. The lowest BCUT2D eigenvalue weighted by atomic mass is 10.1. The summed E-state index contributed by atoms with van der Waals surface area (Å²) >= 11 is 0. The van der Waals surface area contributed by atoms with Gasteiger partial charge in [0, 0.05) is 36.3 Å². The van der Waals surface area contributed by atoms with Crippen LogP contribution in [-0.4, -0.2) is 33.0 Å². The van der Waals surface area contributed by atoms with E-state index in [0.717, 1.165) is 43.1 Å². The molecule has 2 aromatic carbocycles. The Morgan fingerprint density at radius 1 is 0.882 bits per heavy atom. The number of halogens is 2. The van der Waals surface area contributed by atoms with E-state index >= 15 is 0 Å². The fourth-order valence-electron chi connectivity index (χ4n) is 4.12. The van der Waals surface area contributed by atoms with Crippen molar-refractivity contribution in [3.8, 4) is 22.6 Å². The van der Waals surface area contributed by atoms with Gasteiger partial charge < -0.3 is 9.42 Å². The molecule has 5 rings (SSSR count). The van der Waals surface area contributed by atoms with Crippen LogP contribution in [0.2, 0.25) is 0 Å². The van der Waals surface area contributed by atoms with Gasteiger partial charge in [0.2, 0.25) is 5.82 Å². The predicted molar refractivity (Wildman–Crippen MR) is 123 cm³/mol. The van der Waals surface area contributed by atoms with E-state index in [-0.39, 0.29) is 17.7 Å². The average molecular weight is 463 g/mol. The Morgan fingerprint density at radius 2 is 1.65 bits per heavy atom. The summed E-state index contributed by atoms with van der Waals surface area (Å²) in [5.74, 6) is -0.936. The molecule has 0 aliphatic carbocycles. The number of aromatic nitrogens is 4. The average Bonchev–Trinajstić information content (AvgIpc) is 3.16.